The number of nitrogens with one attached hydrogen (secondary N) is 1. The van der Waals surface area contributed by atoms with Gasteiger partial charge in [0.25, 0.3) is 5.91 Å². The van der Waals surface area contributed by atoms with Gasteiger partial charge in [-0.1, -0.05) is 0 Å². The number of aromatic nitrogens is 1. The zero-order valence-electron chi connectivity index (χ0n) is 11.0. The van der Waals surface area contributed by atoms with Gasteiger partial charge in [0.05, 0.1) is 16.5 Å². The van der Waals surface area contributed by atoms with E-state index in [1.807, 2.05) is 19.9 Å². The van der Waals surface area contributed by atoms with Crippen LogP contribution >= 0.6 is 11.3 Å². The summed E-state index contributed by atoms with van der Waals surface area (Å²) in [5.41, 5.74) is 6.51. The van der Waals surface area contributed by atoms with E-state index in [-0.39, 0.29) is 12.0 Å². The maximum atomic E-state index is 12.1. The molecule has 102 valence electrons. The third-order valence-corrected chi connectivity index (χ3v) is 3.89. The van der Waals surface area contributed by atoms with Crippen LogP contribution in [0.1, 0.15) is 23.5 Å². The van der Waals surface area contributed by atoms with Crippen molar-refractivity contribution in [2.75, 3.05) is 18.9 Å². The molecule has 6 heteroatoms. The zero-order valence-corrected chi connectivity index (χ0v) is 11.8. The number of carbonyl (C=O) groups excluding carboxylic acids is 1. The van der Waals surface area contributed by atoms with Crippen LogP contribution in [0, 0.1) is 0 Å². The highest BCUT2D eigenvalue weighted by molar-refractivity contribution is 7.21. The molecule has 0 bridgehead atoms. The van der Waals surface area contributed by atoms with Gasteiger partial charge in [0.2, 0.25) is 0 Å². The summed E-state index contributed by atoms with van der Waals surface area (Å²) in [6.45, 7) is 4.95. The van der Waals surface area contributed by atoms with Crippen LogP contribution in [0.25, 0.3) is 10.1 Å². The van der Waals surface area contributed by atoms with E-state index in [1.54, 1.807) is 12.4 Å². The Kier molecular flexibility index (Phi) is 4.34. The first-order valence-corrected chi connectivity index (χ1v) is 6.97. The SMILES string of the molecule is CCOC(C)CNC(=O)c1sc2cnccc2c1N. The van der Waals surface area contributed by atoms with E-state index >= 15 is 0 Å². The molecule has 0 spiro atoms. The number of nitrogen functional groups attached to an aromatic ring is 1. The summed E-state index contributed by atoms with van der Waals surface area (Å²) in [6, 6.07) is 1.82. The Bertz CT molecular complexity index is 582. The fraction of sp³-hybridized carbons (Fsp3) is 0.385. The number of fused-ring (bicyclic) bond motifs is 1. The van der Waals surface area contributed by atoms with Crippen LogP contribution in [0.15, 0.2) is 18.5 Å². The zero-order chi connectivity index (χ0) is 13.8. The molecule has 1 atom stereocenters. The first-order valence-electron chi connectivity index (χ1n) is 6.15. The van der Waals surface area contributed by atoms with Crippen molar-refractivity contribution in [1.29, 1.82) is 0 Å². The average molecular weight is 279 g/mol. The topological polar surface area (TPSA) is 77.2 Å². The van der Waals surface area contributed by atoms with Crippen molar-refractivity contribution in [1.82, 2.24) is 10.3 Å². The standard InChI is InChI=1S/C13H17N3O2S/c1-3-18-8(2)6-16-13(17)12-11(14)9-4-5-15-7-10(9)19-12/h4-5,7-8H,3,6,14H2,1-2H3,(H,16,17). The van der Waals surface area contributed by atoms with E-state index in [1.165, 1.54) is 11.3 Å². The highest BCUT2D eigenvalue weighted by Gasteiger charge is 2.16. The van der Waals surface area contributed by atoms with Crippen molar-refractivity contribution >= 4 is 33.0 Å². The quantitative estimate of drug-likeness (QED) is 0.878. The number of nitrogens with zero attached hydrogens (tertiary/aromatic N) is 1. The molecule has 5 nitrogen and oxygen atoms in total. The second-order valence-corrected chi connectivity index (χ2v) is 5.24. The van der Waals surface area contributed by atoms with Crippen LogP contribution in [-0.4, -0.2) is 30.1 Å². The van der Waals surface area contributed by atoms with Crippen molar-refractivity contribution in [2.45, 2.75) is 20.0 Å². The molecule has 0 saturated heterocycles. The lowest BCUT2D eigenvalue weighted by Gasteiger charge is -2.12. The molecule has 0 aliphatic rings. The predicted molar refractivity (Wildman–Crippen MR) is 77.5 cm³/mol. The van der Waals surface area contributed by atoms with Gasteiger partial charge in [0.15, 0.2) is 0 Å². The lowest BCUT2D eigenvalue weighted by atomic mass is 10.2. The molecule has 1 unspecified atom stereocenters. The number of pyridine rings is 1. The molecule has 2 aromatic heterocycles. The summed E-state index contributed by atoms with van der Waals surface area (Å²) in [5.74, 6) is -0.162. The third-order valence-electron chi connectivity index (χ3n) is 2.74. The number of carbonyl (C=O) groups is 1. The monoisotopic (exact) mass is 279 g/mol. The maximum Gasteiger partial charge on any atom is 0.263 e. The Morgan fingerprint density at radius 3 is 3.11 bits per heavy atom. The van der Waals surface area contributed by atoms with Crippen LogP contribution in [-0.2, 0) is 4.74 Å². The Hall–Kier alpha value is -1.66. The molecule has 2 heterocycles. The van der Waals surface area contributed by atoms with Gasteiger partial charge in [-0.15, -0.1) is 11.3 Å². The third kappa shape index (κ3) is 3.02. The molecule has 0 aliphatic carbocycles. The lowest BCUT2D eigenvalue weighted by molar-refractivity contribution is 0.0697. The minimum atomic E-state index is -0.162. The van der Waals surface area contributed by atoms with Gasteiger partial charge in [-0.05, 0) is 19.9 Å². The normalized spacial score (nSPS) is 12.5. The minimum absolute atomic E-state index is 0.00813. The fourth-order valence-corrected chi connectivity index (χ4v) is 2.81. The highest BCUT2D eigenvalue weighted by atomic mass is 32.1. The fourth-order valence-electron chi connectivity index (χ4n) is 1.80. The Labute approximate surface area is 115 Å². The largest absolute Gasteiger partial charge is 0.397 e. The molecule has 0 radical (unpaired) electrons. The highest BCUT2D eigenvalue weighted by Crippen LogP contribution is 2.32. The molecule has 0 aromatic carbocycles. The molecule has 0 fully saturated rings. The maximum absolute atomic E-state index is 12.1. The van der Waals surface area contributed by atoms with Crippen LogP contribution in [0.4, 0.5) is 5.69 Å². The molecule has 3 N–H and O–H groups in total. The smallest absolute Gasteiger partial charge is 0.263 e. The molecule has 2 rings (SSSR count). The summed E-state index contributed by atoms with van der Waals surface area (Å²) >= 11 is 1.36. The number of nitrogens with two attached hydrogens (primary N) is 1. The summed E-state index contributed by atoms with van der Waals surface area (Å²) in [7, 11) is 0. The predicted octanol–water partition coefficient (Wildman–Crippen LogP) is 2.03. The molecule has 19 heavy (non-hydrogen) atoms. The van der Waals surface area contributed by atoms with E-state index in [0.29, 0.717) is 23.7 Å². The summed E-state index contributed by atoms with van der Waals surface area (Å²) in [4.78, 5) is 16.6. The number of rotatable bonds is 5. The van der Waals surface area contributed by atoms with Crippen LogP contribution in [0.2, 0.25) is 0 Å². The van der Waals surface area contributed by atoms with Gasteiger partial charge in [-0.2, -0.15) is 0 Å². The summed E-state index contributed by atoms with van der Waals surface area (Å²) in [6.07, 6.45) is 3.38. The number of hydrogen-bond donors (Lipinski definition) is 2. The van der Waals surface area contributed by atoms with Crippen molar-refractivity contribution < 1.29 is 9.53 Å². The van der Waals surface area contributed by atoms with Crippen LogP contribution < -0.4 is 11.1 Å². The van der Waals surface area contributed by atoms with Gasteiger partial charge in [0, 0.05) is 30.9 Å². The van der Waals surface area contributed by atoms with Crippen LogP contribution in [0.5, 0.6) is 0 Å². The number of anilines is 1. The number of ether oxygens (including phenoxy) is 1. The molecular weight excluding hydrogens is 262 g/mol. The average Bonchev–Trinajstić information content (AvgIpc) is 2.74. The van der Waals surface area contributed by atoms with Gasteiger partial charge >= 0.3 is 0 Å². The van der Waals surface area contributed by atoms with Crippen molar-refractivity contribution in [2.24, 2.45) is 0 Å². The summed E-state index contributed by atoms with van der Waals surface area (Å²) < 4.78 is 6.28. The van der Waals surface area contributed by atoms with Crippen LogP contribution in [0.3, 0.4) is 0 Å². The van der Waals surface area contributed by atoms with E-state index in [4.69, 9.17) is 10.5 Å². The van der Waals surface area contributed by atoms with E-state index in [9.17, 15) is 4.79 Å². The Balaban J connectivity index is 2.11. The molecule has 2 aromatic rings. The second-order valence-electron chi connectivity index (χ2n) is 4.19. The van der Waals surface area contributed by atoms with E-state index in [0.717, 1.165) is 10.1 Å². The van der Waals surface area contributed by atoms with Gasteiger partial charge in [0.1, 0.15) is 4.88 Å². The van der Waals surface area contributed by atoms with Gasteiger partial charge in [-0.3, -0.25) is 9.78 Å². The summed E-state index contributed by atoms with van der Waals surface area (Å²) in [5, 5.41) is 3.71. The van der Waals surface area contributed by atoms with E-state index in [2.05, 4.69) is 10.3 Å². The molecule has 0 saturated carbocycles. The van der Waals surface area contributed by atoms with Gasteiger partial charge in [-0.25, -0.2) is 0 Å². The van der Waals surface area contributed by atoms with Crippen molar-refractivity contribution in [3.8, 4) is 0 Å². The van der Waals surface area contributed by atoms with Gasteiger partial charge < -0.3 is 15.8 Å². The molecule has 1 amide bonds. The Morgan fingerprint density at radius 1 is 1.63 bits per heavy atom. The number of thiophene rings is 1. The minimum Gasteiger partial charge on any atom is -0.397 e. The first kappa shape index (κ1) is 13.8. The Morgan fingerprint density at radius 2 is 2.42 bits per heavy atom. The molecule has 0 aliphatic heterocycles. The number of hydrogen-bond acceptors (Lipinski definition) is 5. The van der Waals surface area contributed by atoms with E-state index < -0.39 is 0 Å². The first-order chi connectivity index (χ1) is 9.13. The number of amides is 1. The van der Waals surface area contributed by atoms with Crippen molar-refractivity contribution in [3.63, 3.8) is 0 Å². The lowest BCUT2D eigenvalue weighted by Crippen LogP contribution is -2.32. The second kappa shape index (κ2) is 5.99. The molecular formula is C13H17N3O2S. The van der Waals surface area contributed by atoms with Crippen molar-refractivity contribution in [3.05, 3.63) is 23.3 Å².